The van der Waals surface area contributed by atoms with Crippen LogP contribution in [0.3, 0.4) is 0 Å². The van der Waals surface area contributed by atoms with Gasteiger partial charge in [-0.15, -0.1) is 0 Å². The SMILES string of the molecule is CCNC(=NCc1cc(-c2ccccc2)on1)NCCc1ccc2c(c1)CCO2. The van der Waals surface area contributed by atoms with Gasteiger partial charge < -0.3 is 19.9 Å². The summed E-state index contributed by atoms with van der Waals surface area (Å²) in [6.07, 6.45) is 1.93. The van der Waals surface area contributed by atoms with Crippen LogP contribution in [-0.4, -0.2) is 30.8 Å². The Labute approximate surface area is 171 Å². The first kappa shape index (κ1) is 19.1. The molecule has 0 radical (unpaired) electrons. The van der Waals surface area contributed by atoms with Crippen molar-refractivity contribution in [1.82, 2.24) is 15.8 Å². The van der Waals surface area contributed by atoms with Crippen LogP contribution in [0.25, 0.3) is 11.3 Å². The van der Waals surface area contributed by atoms with Gasteiger partial charge in [0.15, 0.2) is 11.7 Å². The third-order valence-corrected chi connectivity index (χ3v) is 4.82. The second-order valence-electron chi connectivity index (χ2n) is 6.96. The quantitative estimate of drug-likeness (QED) is 0.477. The minimum Gasteiger partial charge on any atom is -0.493 e. The van der Waals surface area contributed by atoms with Gasteiger partial charge in [0, 0.05) is 31.1 Å². The van der Waals surface area contributed by atoms with Crippen LogP contribution >= 0.6 is 0 Å². The van der Waals surface area contributed by atoms with Gasteiger partial charge in [0.2, 0.25) is 0 Å². The van der Waals surface area contributed by atoms with Crippen molar-refractivity contribution in [2.24, 2.45) is 4.99 Å². The monoisotopic (exact) mass is 390 g/mol. The lowest BCUT2D eigenvalue weighted by atomic mass is 10.1. The summed E-state index contributed by atoms with van der Waals surface area (Å²) in [7, 11) is 0. The van der Waals surface area contributed by atoms with Crippen LogP contribution in [-0.2, 0) is 19.4 Å². The topological polar surface area (TPSA) is 71.7 Å². The van der Waals surface area contributed by atoms with Gasteiger partial charge >= 0.3 is 0 Å². The van der Waals surface area contributed by atoms with Crippen molar-refractivity contribution >= 4 is 5.96 Å². The molecule has 0 atom stereocenters. The predicted octanol–water partition coefficient (Wildman–Crippen LogP) is 3.57. The molecule has 0 saturated carbocycles. The number of hydrogen-bond acceptors (Lipinski definition) is 4. The Morgan fingerprint density at radius 1 is 1.10 bits per heavy atom. The molecule has 3 aromatic rings. The number of guanidine groups is 1. The Morgan fingerprint density at radius 3 is 2.86 bits per heavy atom. The number of rotatable bonds is 7. The molecule has 0 aliphatic carbocycles. The fourth-order valence-electron chi connectivity index (χ4n) is 3.35. The van der Waals surface area contributed by atoms with Crippen molar-refractivity contribution < 1.29 is 9.26 Å². The molecule has 6 nitrogen and oxygen atoms in total. The predicted molar refractivity (Wildman–Crippen MR) is 114 cm³/mol. The van der Waals surface area contributed by atoms with Crippen molar-refractivity contribution in [2.75, 3.05) is 19.7 Å². The molecule has 0 fully saturated rings. The van der Waals surface area contributed by atoms with E-state index in [1.807, 2.05) is 36.4 Å². The third-order valence-electron chi connectivity index (χ3n) is 4.82. The van der Waals surface area contributed by atoms with Crippen molar-refractivity contribution in [2.45, 2.75) is 26.3 Å². The molecule has 150 valence electrons. The fourth-order valence-corrected chi connectivity index (χ4v) is 3.35. The van der Waals surface area contributed by atoms with Gasteiger partial charge in [0.05, 0.1) is 13.2 Å². The summed E-state index contributed by atoms with van der Waals surface area (Å²) in [5, 5.41) is 10.8. The van der Waals surface area contributed by atoms with E-state index in [1.165, 1.54) is 11.1 Å². The summed E-state index contributed by atoms with van der Waals surface area (Å²) in [4.78, 5) is 4.63. The van der Waals surface area contributed by atoms with Gasteiger partial charge in [-0.25, -0.2) is 4.99 Å². The van der Waals surface area contributed by atoms with E-state index in [9.17, 15) is 0 Å². The maximum absolute atomic E-state index is 5.57. The molecule has 2 N–H and O–H groups in total. The van der Waals surface area contributed by atoms with E-state index in [0.29, 0.717) is 6.54 Å². The third kappa shape index (κ3) is 4.96. The Hall–Kier alpha value is -3.28. The highest BCUT2D eigenvalue weighted by Gasteiger charge is 2.12. The molecule has 6 heteroatoms. The van der Waals surface area contributed by atoms with Crippen LogP contribution in [0.1, 0.15) is 23.7 Å². The first-order valence-electron chi connectivity index (χ1n) is 10.1. The van der Waals surface area contributed by atoms with Crippen LogP contribution in [0.5, 0.6) is 5.75 Å². The first-order chi connectivity index (χ1) is 14.3. The van der Waals surface area contributed by atoms with Crippen LogP contribution in [0.4, 0.5) is 0 Å². The minimum absolute atomic E-state index is 0.460. The Kier molecular flexibility index (Phi) is 6.10. The maximum atomic E-state index is 5.57. The summed E-state index contributed by atoms with van der Waals surface area (Å²) in [6.45, 7) is 4.92. The van der Waals surface area contributed by atoms with Gasteiger partial charge in [-0.05, 0) is 30.5 Å². The number of nitrogens with zero attached hydrogens (tertiary/aromatic N) is 2. The molecule has 4 rings (SSSR count). The Balaban J connectivity index is 1.32. The molecule has 0 saturated heterocycles. The molecule has 2 aromatic carbocycles. The van der Waals surface area contributed by atoms with Crippen molar-refractivity contribution in [3.8, 4) is 17.1 Å². The average molecular weight is 390 g/mol. The van der Waals surface area contributed by atoms with E-state index in [4.69, 9.17) is 9.26 Å². The largest absolute Gasteiger partial charge is 0.493 e. The van der Waals surface area contributed by atoms with Gasteiger partial charge in [0.25, 0.3) is 0 Å². The lowest BCUT2D eigenvalue weighted by Gasteiger charge is -2.11. The molecule has 1 aliphatic rings. The van der Waals surface area contributed by atoms with Crippen LogP contribution in [0.15, 0.2) is 64.1 Å². The zero-order chi connectivity index (χ0) is 19.9. The summed E-state index contributed by atoms with van der Waals surface area (Å²) in [6, 6.07) is 18.4. The molecule has 0 amide bonds. The van der Waals surface area contributed by atoms with E-state index in [1.54, 1.807) is 0 Å². The van der Waals surface area contributed by atoms with Gasteiger partial charge in [-0.1, -0.05) is 47.6 Å². The zero-order valence-corrected chi connectivity index (χ0v) is 16.6. The van der Waals surface area contributed by atoms with E-state index < -0.39 is 0 Å². The van der Waals surface area contributed by atoms with Crippen LogP contribution < -0.4 is 15.4 Å². The smallest absolute Gasteiger partial charge is 0.191 e. The molecule has 0 bridgehead atoms. The fraction of sp³-hybridized carbons (Fsp3) is 0.304. The number of nitrogens with one attached hydrogen (secondary N) is 2. The Morgan fingerprint density at radius 2 is 2.00 bits per heavy atom. The van der Waals surface area contributed by atoms with Gasteiger partial charge in [-0.3, -0.25) is 0 Å². The normalized spacial score (nSPS) is 13.1. The molecule has 1 aliphatic heterocycles. The lowest BCUT2D eigenvalue weighted by Crippen LogP contribution is -2.38. The van der Waals surface area contributed by atoms with Crippen molar-refractivity contribution in [1.29, 1.82) is 0 Å². The number of ether oxygens (including phenoxy) is 1. The Bertz CT molecular complexity index is 966. The molecule has 0 unspecified atom stereocenters. The summed E-state index contributed by atoms with van der Waals surface area (Å²) in [5.74, 6) is 2.56. The summed E-state index contributed by atoms with van der Waals surface area (Å²) >= 11 is 0. The molecular formula is C23H26N4O2. The number of hydrogen-bond donors (Lipinski definition) is 2. The lowest BCUT2D eigenvalue weighted by molar-refractivity contribution is 0.357. The number of aliphatic imine (C=N–C) groups is 1. The van der Waals surface area contributed by atoms with Crippen LogP contribution in [0.2, 0.25) is 0 Å². The van der Waals surface area contributed by atoms with E-state index in [0.717, 1.165) is 61.3 Å². The van der Waals surface area contributed by atoms with Crippen LogP contribution in [0, 0.1) is 0 Å². The second kappa shape index (κ2) is 9.28. The van der Waals surface area contributed by atoms with Gasteiger partial charge in [-0.2, -0.15) is 0 Å². The number of benzene rings is 2. The first-order valence-corrected chi connectivity index (χ1v) is 10.1. The van der Waals surface area contributed by atoms with E-state index >= 15 is 0 Å². The maximum Gasteiger partial charge on any atom is 0.191 e. The van der Waals surface area contributed by atoms with Crippen molar-refractivity contribution in [3.05, 3.63) is 71.4 Å². The highest BCUT2D eigenvalue weighted by atomic mass is 16.5. The highest BCUT2D eigenvalue weighted by molar-refractivity contribution is 5.79. The van der Waals surface area contributed by atoms with Crippen molar-refractivity contribution in [3.63, 3.8) is 0 Å². The summed E-state index contributed by atoms with van der Waals surface area (Å²) < 4.78 is 11.0. The molecular weight excluding hydrogens is 364 g/mol. The van der Waals surface area contributed by atoms with E-state index in [2.05, 4.69) is 45.9 Å². The second-order valence-corrected chi connectivity index (χ2v) is 6.96. The molecule has 29 heavy (non-hydrogen) atoms. The average Bonchev–Trinajstić information content (AvgIpc) is 3.42. The minimum atomic E-state index is 0.460. The molecule has 0 spiro atoms. The van der Waals surface area contributed by atoms with E-state index in [-0.39, 0.29) is 0 Å². The van der Waals surface area contributed by atoms with Gasteiger partial charge in [0.1, 0.15) is 11.4 Å². The summed E-state index contributed by atoms with van der Waals surface area (Å²) in [5.41, 5.74) is 4.43. The molecule has 2 heterocycles. The zero-order valence-electron chi connectivity index (χ0n) is 16.6. The highest BCUT2D eigenvalue weighted by Crippen LogP contribution is 2.25. The standard InChI is InChI=1S/C23H26N4O2/c1-2-24-23(25-12-10-17-8-9-21-19(14-17)11-13-28-21)26-16-20-15-22(29-27-20)18-6-4-3-5-7-18/h3-9,14-15H,2,10-13,16H2,1H3,(H2,24,25,26). The molecule has 1 aromatic heterocycles. The number of aromatic nitrogens is 1. The number of fused-ring (bicyclic) bond motifs is 1.